The van der Waals surface area contributed by atoms with Crippen LogP contribution in [0.3, 0.4) is 0 Å². The molecule has 0 unspecified atom stereocenters. The zero-order valence-corrected chi connectivity index (χ0v) is 22.2. The van der Waals surface area contributed by atoms with E-state index < -0.39 is 23.5 Å². The molecule has 2 aromatic rings. The molecule has 0 radical (unpaired) electrons. The molecular weight excluding hydrogens is 477 g/mol. The van der Waals surface area contributed by atoms with Crippen molar-refractivity contribution in [1.82, 2.24) is 9.88 Å². The van der Waals surface area contributed by atoms with E-state index in [1.54, 1.807) is 4.57 Å². The van der Waals surface area contributed by atoms with E-state index in [1.807, 2.05) is 39.5 Å². The van der Waals surface area contributed by atoms with Crippen molar-refractivity contribution in [3.05, 3.63) is 39.4 Å². The number of pyridine rings is 1. The Hall–Kier alpha value is -3.54. The number of nitrogens with zero attached hydrogens (tertiary/aromatic N) is 2. The van der Waals surface area contributed by atoms with Crippen LogP contribution in [0.4, 0.5) is 14.9 Å². The summed E-state index contributed by atoms with van der Waals surface area (Å²) < 4.78 is 27.4. The molecule has 9 heteroatoms. The lowest BCUT2D eigenvalue weighted by Gasteiger charge is -2.27. The number of carbonyl (C=O) groups excluding carboxylic acids is 2. The Bertz CT molecular complexity index is 1360. The number of hydrogen-bond donors (Lipinski definition) is 1. The van der Waals surface area contributed by atoms with Gasteiger partial charge in [0.1, 0.15) is 11.4 Å². The molecule has 1 aliphatic heterocycles. The van der Waals surface area contributed by atoms with Crippen molar-refractivity contribution in [2.75, 3.05) is 25.1 Å². The molecule has 2 aliphatic rings. The molecule has 37 heavy (non-hydrogen) atoms. The highest BCUT2D eigenvalue weighted by molar-refractivity contribution is 5.95. The van der Waals surface area contributed by atoms with Gasteiger partial charge in [0.25, 0.3) is 5.56 Å². The molecule has 4 rings (SSSR count). The van der Waals surface area contributed by atoms with E-state index in [4.69, 9.17) is 4.74 Å². The molecule has 8 nitrogen and oxygen atoms in total. The number of aromatic nitrogens is 1. The van der Waals surface area contributed by atoms with Crippen LogP contribution in [0.5, 0.6) is 0 Å². The number of halogens is 1. The number of hydrogen-bond acceptors (Lipinski definition) is 6. The lowest BCUT2D eigenvalue weighted by Crippen LogP contribution is -2.42. The summed E-state index contributed by atoms with van der Waals surface area (Å²) >= 11 is 0. The molecule has 1 saturated heterocycles. The smallest absolute Gasteiger partial charge is 0.407 e. The third kappa shape index (κ3) is 5.74. The standard InChI is InChI=1S/C28H34FN3O5/c1-16-25-21(18(7-10-24(34)36-6)13-23(33)32(25)20-8-9-20)14-22(29)26(16)31-12-11-19(15-31)17(2)30-27(35)37-28(3,4)5/h13-14,17,19-20H,8-9,11-12,15H2,1-6H3,(H,30,35)/t17-,19+/m0/s1. The van der Waals surface area contributed by atoms with Gasteiger partial charge in [-0.25, -0.2) is 14.0 Å². The molecule has 1 saturated carbocycles. The zero-order valence-electron chi connectivity index (χ0n) is 22.2. The average molecular weight is 512 g/mol. The number of aryl methyl sites for hydroxylation is 1. The van der Waals surface area contributed by atoms with Gasteiger partial charge in [-0.2, -0.15) is 0 Å². The van der Waals surface area contributed by atoms with Gasteiger partial charge in [-0.05, 0) is 71.4 Å². The molecule has 1 N–H and O–H groups in total. The van der Waals surface area contributed by atoms with Crippen LogP contribution in [0.2, 0.25) is 0 Å². The lowest BCUT2D eigenvalue weighted by atomic mass is 10.0. The largest absolute Gasteiger partial charge is 0.459 e. The first-order valence-corrected chi connectivity index (χ1v) is 12.6. The van der Waals surface area contributed by atoms with Gasteiger partial charge in [0.2, 0.25) is 0 Å². The summed E-state index contributed by atoms with van der Waals surface area (Å²) in [5.74, 6) is 4.00. The van der Waals surface area contributed by atoms with Gasteiger partial charge in [-0.3, -0.25) is 4.79 Å². The maximum absolute atomic E-state index is 15.7. The van der Waals surface area contributed by atoms with Crippen LogP contribution in [0, 0.1) is 30.5 Å². The van der Waals surface area contributed by atoms with Crippen molar-refractivity contribution in [3.63, 3.8) is 0 Å². The normalized spacial score (nSPS) is 18.2. The second-order valence-corrected chi connectivity index (χ2v) is 10.9. The van der Waals surface area contributed by atoms with Crippen molar-refractivity contribution < 1.29 is 23.5 Å². The zero-order chi connectivity index (χ0) is 27.1. The Morgan fingerprint density at radius 3 is 2.54 bits per heavy atom. The number of fused-ring (bicyclic) bond motifs is 1. The summed E-state index contributed by atoms with van der Waals surface area (Å²) in [6.45, 7) is 10.4. The minimum atomic E-state index is -0.731. The van der Waals surface area contributed by atoms with E-state index in [1.165, 1.54) is 19.2 Å². The molecule has 2 atom stereocenters. The first-order valence-electron chi connectivity index (χ1n) is 12.6. The van der Waals surface area contributed by atoms with Crippen LogP contribution in [0.15, 0.2) is 16.9 Å². The number of nitrogens with one attached hydrogen (secondary N) is 1. The fraction of sp³-hybridized carbons (Fsp3) is 0.536. The Morgan fingerprint density at radius 1 is 1.22 bits per heavy atom. The highest BCUT2D eigenvalue weighted by Crippen LogP contribution is 2.41. The van der Waals surface area contributed by atoms with Gasteiger partial charge in [0.05, 0.1) is 18.3 Å². The SMILES string of the molecule is COC(=O)C#Cc1cc(=O)n(C2CC2)c2c(C)c(N3CC[C@@H]([C@H](C)NC(=O)OC(C)(C)C)C3)c(F)cc12. The summed E-state index contributed by atoms with van der Waals surface area (Å²) in [5, 5.41) is 3.40. The van der Waals surface area contributed by atoms with Gasteiger partial charge in [-0.1, -0.05) is 5.92 Å². The number of methoxy groups -OCH3 is 1. The number of esters is 1. The Labute approximate surface area is 216 Å². The second-order valence-electron chi connectivity index (χ2n) is 10.9. The van der Waals surface area contributed by atoms with Crippen LogP contribution in [0.25, 0.3) is 10.9 Å². The Kier molecular flexibility index (Phi) is 7.22. The molecule has 1 amide bonds. The Morgan fingerprint density at radius 2 is 1.92 bits per heavy atom. The highest BCUT2D eigenvalue weighted by atomic mass is 19.1. The summed E-state index contributed by atoms with van der Waals surface area (Å²) in [6, 6.07) is 2.69. The van der Waals surface area contributed by atoms with E-state index in [0.29, 0.717) is 40.8 Å². The fourth-order valence-electron chi connectivity index (χ4n) is 5.02. The molecule has 1 aromatic carbocycles. The Balaban J connectivity index is 1.69. The molecule has 0 spiro atoms. The number of carbonyl (C=O) groups is 2. The first-order chi connectivity index (χ1) is 17.4. The number of anilines is 1. The van der Waals surface area contributed by atoms with E-state index in [9.17, 15) is 14.4 Å². The van der Waals surface area contributed by atoms with Gasteiger partial charge in [0, 0.05) is 48.1 Å². The second kappa shape index (κ2) is 10.1. The predicted molar refractivity (Wildman–Crippen MR) is 139 cm³/mol. The quantitative estimate of drug-likeness (QED) is 0.492. The summed E-state index contributed by atoms with van der Waals surface area (Å²) in [5.41, 5.74) is 1.24. The fourth-order valence-corrected chi connectivity index (χ4v) is 5.02. The molecular formula is C28H34FN3O5. The number of ether oxygens (including phenoxy) is 2. The topological polar surface area (TPSA) is 89.9 Å². The van der Waals surface area contributed by atoms with E-state index in [-0.39, 0.29) is 23.6 Å². The van der Waals surface area contributed by atoms with Crippen molar-refractivity contribution in [3.8, 4) is 11.8 Å². The third-order valence-electron chi connectivity index (χ3n) is 6.89. The van der Waals surface area contributed by atoms with Crippen LogP contribution in [0.1, 0.15) is 64.1 Å². The third-order valence-corrected chi connectivity index (χ3v) is 6.89. The van der Waals surface area contributed by atoms with E-state index >= 15 is 4.39 Å². The summed E-state index contributed by atoms with van der Waals surface area (Å²) in [4.78, 5) is 38.9. The molecule has 198 valence electrons. The summed E-state index contributed by atoms with van der Waals surface area (Å²) in [7, 11) is 1.23. The van der Waals surface area contributed by atoms with Gasteiger partial charge < -0.3 is 24.3 Å². The van der Waals surface area contributed by atoms with Crippen LogP contribution < -0.4 is 15.8 Å². The lowest BCUT2D eigenvalue weighted by molar-refractivity contribution is -0.133. The van der Waals surface area contributed by atoms with Crippen LogP contribution in [-0.4, -0.2) is 48.5 Å². The monoisotopic (exact) mass is 511 g/mol. The van der Waals surface area contributed by atoms with Crippen molar-refractivity contribution in [2.24, 2.45) is 5.92 Å². The summed E-state index contributed by atoms with van der Waals surface area (Å²) in [6.07, 6.45) is 2.07. The molecule has 0 bridgehead atoms. The van der Waals surface area contributed by atoms with E-state index in [2.05, 4.69) is 21.9 Å². The minimum Gasteiger partial charge on any atom is -0.459 e. The van der Waals surface area contributed by atoms with Gasteiger partial charge >= 0.3 is 12.1 Å². The number of benzene rings is 1. The first kappa shape index (κ1) is 26.5. The van der Waals surface area contributed by atoms with Crippen LogP contribution in [-0.2, 0) is 14.3 Å². The van der Waals surface area contributed by atoms with E-state index in [0.717, 1.165) is 19.3 Å². The van der Waals surface area contributed by atoms with Crippen molar-refractivity contribution >= 4 is 28.7 Å². The van der Waals surface area contributed by atoms with Gasteiger partial charge in [-0.15, -0.1) is 0 Å². The maximum Gasteiger partial charge on any atom is 0.407 e. The van der Waals surface area contributed by atoms with Crippen LogP contribution >= 0.6 is 0 Å². The van der Waals surface area contributed by atoms with Crippen molar-refractivity contribution in [1.29, 1.82) is 0 Å². The predicted octanol–water partition coefficient (Wildman–Crippen LogP) is 4.05. The maximum atomic E-state index is 15.7. The molecule has 1 aliphatic carbocycles. The number of alkyl carbamates (subject to hydrolysis) is 1. The highest BCUT2D eigenvalue weighted by Gasteiger charge is 2.33. The molecule has 2 fully saturated rings. The van der Waals surface area contributed by atoms with Gasteiger partial charge in [0.15, 0.2) is 0 Å². The minimum absolute atomic E-state index is 0.0685. The van der Waals surface area contributed by atoms with Crippen molar-refractivity contribution in [2.45, 2.75) is 71.6 Å². The molecule has 1 aromatic heterocycles. The number of rotatable bonds is 4. The average Bonchev–Trinajstić information content (AvgIpc) is 3.52. The number of amides is 1. The molecule has 2 heterocycles.